The number of carbonyl (C=O) groups excluding carboxylic acids is 3. The largest absolute Gasteiger partial charge is 0.455 e. The molecule has 8 nitrogen and oxygen atoms in total. The van der Waals surface area contributed by atoms with Gasteiger partial charge in [-0.3, -0.25) is 19.3 Å². The van der Waals surface area contributed by atoms with E-state index in [1.165, 1.54) is 4.31 Å². The number of amides is 2. The fraction of sp³-hybridized carbons (Fsp3) is 0.500. The van der Waals surface area contributed by atoms with Crippen molar-refractivity contribution in [1.82, 2.24) is 9.21 Å². The summed E-state index contributed by atoms with van der Waals surface area (Å²) in [5.74, 6) is -1.72. The van der Waals surface area contributed by atoms with Crippen LogP contribution in [-0.2, 0) is 29.1 Å². The van der Waals surface area contributed by atoms with Crippen molar-refractivity contribution < 1.29 is 27.5 Å². The van der Waals surface area contributed by atoms with E-state index >= 15 is 0 Å². The second kappa shape index (κ2) is 8.18. The molecule has 0 saturated carbocycles. The molecule has 1 aromatic carbocycles. The van der Waals surface area contributed by atoms with E-state index in [2.05, 4.69) is 0 Å². The van der Waals surface area contributed by atoms with E-state index in [4.69, 9.17) is 4.74 Å². The van der Waals surface area contributed by atoms with Gasteiger partial charge in [0.2, 0.25) is 15.9 Å². The van der Waals surface area contributed by atoms with Crippen LogP contribution in [0, 0.1) is 5.92 Å². The summed E-state index contributed by atoms with van der Waals surface area (Å²) < 4.78 is 31.6. The number of carbonyl (C=O) groups is 3. The molecule has 2 fully saturated rings. The van der Waals surface area contributed by atoms with Crippen LogP contribution in [0.5, 0.6) is 0 Å². The van der Waals surface area contributed by atoms with Crippen molar-refractivity contribution in [2.45, 2.75) is 30.6 Å². The Kier molecular flexibility index (Phi) is 5.91. The third-order valence-corrected chi connectivity index (χ3v) is 6.79. The van der Waals surface area contributed by atoms with Crippen molar-refractivity contribution >= 4 is 27.8 Å². The number of benzene rings is 1. The first-order valence-electron chi connectivity index (χ1n) is 8.94. The number of hydrogen-bond donors (Lipinski definition) is 0. The van der Waals surface area contributed by atoms with Gasteiger partial charge in [-0.1, -0.05) is 18.2 Å². The third kappa shape index (κ3) is 4.36. The summed E-state index contributed by atoms with van der Waals surface area (Å²) in [6.45, 7) is 0.350. The minimum Gasteiger partial charge on any atom is -0.455 e. The number of esters is 1. The molecule has 2 saturated heterocycles. The molecule has 3 rings (SSSR count). The van der Waals surface area contributed by atoms with Gasteiger partial charge in [-0.05, 0) is 31.4 Å². The molecule has 0 bridgehead atoms. The Morgan fingerprint density at radius 2 is 1.74 bits per heavy atom. The van der Waals surface area contributed by atoms with Crippen LogP contribution >= 0.6 is 0 Å². The molecule has 2 amide bonds. The van der Waals surface area contributed by atoms with Crippen molar-refractivity contribution in [1.29, 1.82) is 0 Å². The number of piperidine rings is 1. The summed E-state index contributed by atoms with van der Waals surface area (Å²) >= 11 is 0. The third-order valence-electron chi connectivity index (χ3n) is 4.88. The van der Waals surface area contributed by atoms with Crippen molar-refractivity contribution in [2.75, 3.05) is 26.2 Å². The predicted molar refractivity (Wildman–Crippen MR) is 94.8 cm³/mol. The first-order valence-corrected chi connectivity index (χ1v) is 10.4. The van der Waals surface area contributed by atoms with Crippen molar-refractivity contribution in [3.63, 3.8) is 0 Å². The van der Waals surface area contributed by atoms with Gasteiger partial charge in [0.1, 0.15) is 0 Å². The van der Waals surface area contributed by atoms with Crippen LogP contribution in [0.4, 0.5) is 0 Å². The zero-order valence-electron chi connectivity index (χ0n) is 14.9. The lowest BCUT2D eigenvalue weighted by Crippen LogP contribution is -2.41. The van der Waals surface area contributed by atoms with Gasteiger partial charge in [0, 0.05) is 26.1 Å². The fourth-order valence-electron chi connectivity index (χ4n) is 3.31. The standard InChI is InChI=1S/C18H22N2O6S/c21-16-7-4-10-20(16)17(22)13-26-18(23)14-8-11-19(12-9-14)27(24,25)15-5-2-1-3-6-15/h1-3,5-6,14H,4,7-13H2. The molecule has 2 aliphatic rings. The highest BCUT2D eigenvalue weighted by Crippen LogP contribution is 2.24. The number of likely N-dealkylation sites (tertiary alicyclic amines) is 1. The smallest absolute Gasteiger partial charge is 0.309 e. The Bertz CT molecular complexity index is 816. The molecule has 0 radical (unpaired) electrons. The molecule has 0 unspecified atom stereocenters. The number of rotatable bonds is 5. The van der Waals surface area contributed by atoms with Gasteiger partial charge in [-0.25, -0.2) is 8.42 Å². The lowest BCUT2D eigenvalue weighted by Gasteiger charge is -2.30. The molecule has 0 aliphatic carbocycles. The average Bonchev–Trinajstić information content (AvgIpc) is 3.12. The van der Waals surface area contributed by atoms with Crippen molar-refractivity contribution in [3.05, 3.63) is 30.3 Å². The SMILES string of the molecule is O=C(OCC(=O)N1CCCC1=O)C1CCN(S(=O)(=O)c2ccccc2)CC1. The van der Waals surface area contributed by atoms with Crippen LogP contribution in [0.3, 0.4) is 0 Å². The lowest BCUT2D eigenvalue weighted by molar-refractivity contribution is -0.158. The van der Waals surface area contributed by atoms with Gasteiger partial charge >= 0.3 is 5.97 Å². The molecule has 0 N–H and O–H groups in total. The Labute approximate surface area is 158 Å². The summed E-state index contributed by atoms with van der Waals surface area (Å²) in [6, 6.07) is 8.17. The van der Waals surface area contributed by atoms with E-state index in [9.17, 15) is 22.8 Å². The molecule has 2 aliphatic heterocycles. The Hall–Kier alpha value is -2.26. The highest BCUT2D eigenvalue weighted by molar-refractivity contribution is 7.89. The predicted octanol–water partition coefficient (Wildman–Crippen LogP) is 0.780. The first-order chi connectivity index (χ1) is 12.9. The maximum absolute atomic E-state index is 12.6. The van der Waals surface area contributed by atoms with E-state index in [0.29, 0.717) is 32.2 Å². The Balaban J connectivity index is 1.49. The molecular formula is C18H22N2O6S. The van der Waals surface area contributed by atoms with E-state index < -0.39 is 34.4 Å². The maximum Gasteiger partial charge on any atom is 0.309 e. The molecule has 9 heteroatoms. The molecular weight excluding hydrogens is 372 g/mol. The van der Waals surface area contributed by atoms with Gasteiger partial charge in [-0.2, -0.15) is 4.31 Å². The number of nitrogens with zero attached hydrogens (tertiary/aromatic N) is 2. The van der Waals surface area contributed by atoms with Crippen LogP contribution < -0.4 is 0 Å². The highest BCUT2D eigenvalue weighted by atomic mass is 32.2. The molecule has 146 valence electrons. The summed E-state index contributed by atoms with van der Waals surface area (Å²) in [5.41, 5.74) is 0. The van der Waals surface area contributed by atoms with E-state index in [-0.39, 0.29) is 23.9 Å². The van der Waals surface area contributed by atoms with Crippen molar-refractivity contribution in [2.24, 2.45) is 5.92 Å². The number of imide groups is 1. The van der Waals surface area contributed by atoms with E-state index in [1.54, 1.807) is 30.3 Å². The highest BCUT2D eigenvalue weighted by Gasteiger charge is 2.33. The normalized spacial score (nSPS) is 19.3. The van der Waals surface area contributed by atoms with Crippen LogP contribution in [0.25, 0.3) is 0 Å². The minimum atomic E-state index is -3.57. The summed E-state index contributed by atoms with van der Waals surface area (Å²) in [5, 5.41) is 0. The summed E-state index contributed by atoms with van der Waals surface area (Å²) in [4.78, 5) is 37.0. The van der Waals surface area contributed by atoms with Crippen LogP contribution in [-0.4, -0.2) is 61.6 Å². The quantitative estimate of drug-likeness (QED) is 0.684. The zero-order valence-corrected chi connectivity index (χ0v) is 15.7. The van der Waals surface area contributed by atoms with Crippen LogP contribution in [0.15, 0.2) is 35.2 Å². The van der Waals surface area contributed by atoms with Crippen LogP contribution in [0.2, 0.25) is 0 Å². The van der Waals surface area contributed by atoms with Gasteiger partial charge in [0.25, 0.3) is 5.91 Å². The van der Waals surface area contributed by atoms with E-state index in [1.807, 2.05) is 0 Å². The monoisotopic (exact) mass is 394 g/mol. The number of ether oxygens (including phenoxy) is 1. The molecule has 27 heavy (non-hydrogen) atoms. The summed E-state index contributed by atoms with van der Waals surface area (Å²) in [6.07, 6.45) is 1.64. The van der Waals surface area contributed by atoms with Gasteiger partial charge < -0.3 is 4.74 Å². The molecule has 0 aromatic heterocycles. The first kappa shape index (κ1) is 19.5. The fourth-order valence-corrected chi connectivity index (χ4v) is 4.80. The molecule has 0 atom stereocenters. The average molecular weight is 394 g/mol. The second-order valence-corrected chi connectivity index (χ2v) is 8.58. The molecule has 1 aromatic rings. The zero-order chi connectivity index (χ0) is 19.4. The Morgan fingerprint density at radius 1 is 1.07 bits per heavy atom. The van der Waals surface area contributed by atoms with Gasteiger partial charge in [0.05, 0.1) is 10.8 Å². The second-order valence-electron chi connectivity index (χ2n) is 6.64. The van der Waals surface area contributed by atoms with Crippen molar-refractivity contribution in [3.8, 4) is 0 Å². The number of hydrogen-bond acceptors (Lipinski definition) is 6. The number of sulfonamides is 1. The molecule has 0 spiro atoms. The summed E-state index contributed by atoms with van der Waals surface area (Å²) in [7, 11) is -3.57. The topological polar surface area (TPSA) is 101 Å². The van der Waals surface area contributed by atoms with Gasteiger partial charge in [-0.15, -0.1) is 0 Å². The van der Waals surface area contributed by atoms with Crippen LogP contribution in [0.1, 0.15) is 25.7 Å². The molecule has 2 heterocycles. The van der Waals surface area contributed by atoms with Gasteiger partial charge in [0.15, 0.2) is 6.61 Å². The Morgan fingerprint density at radius 3 is 2.33 bits per heavy atom. The van der Waals surface area contributed by atoms with E-state index in [0.717, 1.165) is 4.90 Å². The minimum absolute atomic E-state index is 0.218. The maximum atomic E-state index is 12.6. The lowest BCUT2D eigenvalue weighted by atomic mass is 9.98.